The number of para-hydroxylation sites is 2. The molecule has 2 aromatic rings. The summed E-state index contributed by atoms with van der Waals surface area (Å²) in [6, 6.07) is 11.0. The van der Waals surface area contributed by atoms with E-state index in [2.05, 4.69) is 17.6 Å². The summed E-state index contributed by atoms with van der Waals surface area (Å²) in [6.45, 7) is 2.39. The summed E-state index contributed by atoms with van der Waals surface area (Å²) in [4.78, 5) is 50.5. The first-order chi connectivity index (χ1) is 16.8. The van der Waals surface area contributed by atoms with Crippen molar-refractivity contribution in [2.24, 2.45) is 17.8 Å². The Hall–Kier alpha value is -3.95. The fourth-order valence-corrected chi connectivity index (χ4v) is 4.90. The molecule has 2 N–H and O–H groups in total. The maximum atomic E-state index is 12.7. The predicted octanol–water partition coefficient (Wildman–Crippen LogP) is 3.69. The Bertz CT molecular complexity index is 1170. The van der Waals surface area contributed by atoms with Gasteiger partial charge in [-0.15, -0.1) is 0 Å². The zero-order valence-electron chi connectivity index (χ0n) is 19.7. The van der Waals surface area contributed by atoms with E-state index in [9.17, 15) is 24.5 Å². The SMILES string of the molecule is COc1ccccc1NC(=O)c1ccc(NCCN2C(=O)[C@@H]3CC[C@@H](C)C[C@H]3C2=O)c([N+](=O)[O-])c1. The normalized spacial score (nSPS) is 21.4. The molecule has 35 heavy (non-hydrogen) atoms. The minimum Gasteiger partial charge on any atom is -0.495 e. The van der Waals surface area contributed by atoms with Crippen molar-refractivity contribution in [3.63, 3.8) is 0 Å². The third kappa shape index (κ3) is 4.96. The van der Waals surface area contributed by atoms with Crippen LogP contribution in [0.5, 0.6) is 5.75 Å². The van der Waals surface area contributed by atoms with Gasteiger partial charge in [-0.25, -0.2) is 0 Å². The van der Waals surface area contributed by atoms with Gasteiger partial charge in [0.15, 0.2) is 0 Å². The lowest BCUT2D eigenvalue weighted by Crippen LogP contribution is -2.35. The van der Waals surface area contributed by atoms with Crippen LogP contribution in [0, 0.1) is 27.9 Å². The van der Waals surface area contributed by atoms with E-state index in [1.807, 2.05) is 0 Å². The van der Waals surface area contributed by atoms with Crippen LogP contribution in [0.1, 0.15) is 36.5 Å². The number of amides is 3. The number of carbonyl (C=O) groups is 3. The number of nitro groups is 1. The van der Waals surface area contributed by atoms with Crippen molar-refractivity contribution in [2.75, 3.05) is 30.8 Å². The van der Waals surface area contributed by atoms with E-state index < -0.39 is 10.8 Å². The standard InChI is InChI=1S/C25H28N4O6/c1-15-7-9-17-18(13-15)25(32)28(24(17)31)12-11-26-19-10-8-16(14-21(19)29(33)34)23(30)27-20-5-3-4-6-22(20)35-2/h3-6,8,10,14-15,17-18,26H,7,9,11-13H2,1-2H3,(H,27,30)/t15-,17-,18-/m1/s1. The third-order valence-corrected chi connectivity index (χ3v) is 6.74. The van der Waals surface area contributed by atoms with Crippen LogP contribution in [0.25, 0.3) is 0 Å². The number of carbonyl (C=O) groups excluding carboxylic acids is 3. The van der Waals surface area contributed by atoms with Gasteiger partial charge in [0.1, 0.15) is 11.4 Å². The smallest absolute Gasteiger partial charge is 0.293 e. The molecule has 10 heteroatoms. The van der Waals surface area contributed by atoms with Gasteiger partial charge in [-0.05, 0) is 49.4 Å². The molecule has 0 unspecified atom stereocenters. The summed E-state index contributed by atoms with van der Waals surface area (Å²) >= 11 is 0. The van der Waals surface area contributed by atoms with E-state index in [1.54, 1.807) is 24.3 Å². The number of likely N-dealkylation sites (tertiary alicyclic amines) is 1. The van der Waals surface area contributed by atoms with Crippen LogP contribution in [0.3, 0.4) is 0 Å². The molecule has 2 aromatic carbocycles. The number of methoxy groups -OCH3 is 1. The number of rotatable bonds is 8. The lowest BCUT2D eigenvalue weighted by Gasteiger charge is -2.25. The van der Waals surface area contributed by atoms with Crippen molar-refractivity contribution in [1.29, 1.82) is 0 Å². The number of anilines is 2. The molecule has 1 saturated carbocycles. The topological polar surface area (TPSA) is 131 Å². The average Bonchev–Trinajstić information content (AvgIpc) is 3.08. The van der Waals surface area contributed by atoms with Gasteiger partial charge in [0, 0.05) is 24.7 Å². The molecule has 0 aromatic heterocycles. The highest BCUT2D eigenvalue weighted by Crippen LogP contribution is 2.40. The monoisotopic (exact) mass is 480 g/mol. The molecule has 3 amide bonds. The molecular weight excluding hydrogens is 452 g/mol. The summed E-state index contributed by atoms with van der Waals surface area (Å²) in [5.41, 5.74) is 0.476. The van der Waals surface area contributed by atoms with Crippen molar-refractivity contribution >= 4 is 34.8 Å². The first kappa shape index (κ1) is 24.2. The maximum absolute atomic E-state index is 12.7. The maximum Gasteiger partial charge on any atom is 0.293 e. The van der Waals surface area contributed by atoms with E-state index >= 15 is 0 Å². The first-order valence-electron chi connectivity index (χ1n) is 11.6. The van der Waals surface area contributed by atoms with Crippen molar-refractivity contribution < 1.29 is 24.0 Å². The second-order valence-corrected chi connectivity index (χ2v) is 9.03. The van der Waals surface area contributed by atoms with Gasteiger partial charge in [-0.3, -0.25) is 29.4 Å². The Morgan fingerprint density at radius 1 is 1.11 bits per heavy atom. The van der Waals surface area contributed by atoms with Crippen molar-refractivity contribution in [3.05, 3.63) is 58.1 Å². The number of ether oxygens (including phenoxy) is 1. The second-order valence-electron chi connectivity index (χ2n) is 9.03. The number of fused-ring (bicyclic) bond motifs is 1. The summed E-state index contributed by atoms with van der Waals surface area (Å²) in [6.07, 6.45) is 2.39. The zero-order chi connectivity index (χ0) is 25.1. The fourth-order valence-electron chi connectivity index (χ4n) is 4.90. The summed E-state index contributed by atoms with van der Waals surface area (Å²) in [5.74, 6) is -0.413. The molecule has 2 fully saturated rings. The Labute approximate surface area is 202 Å². The minimum atomic E-state index is -0.579. The first-order valence-corrected chi connectivity index (χ1v) is 11.6. The molecule has 0 radical (unpaired) electrons. The van der Waals surface area contributed by atoms with Crippen LogP contribution in [-0.2, 0) is 9.59 Å². The van der Waals surface area contributed by atoms with Gasteiger partial charge in [0.25, 0.3) is 11.6 Å². The zero-order valence-corrected chi connectivity index (χ0v) is 19.7. The van der Waals surface area contributed by atoms with Gasteiger partial charge < -0.3 is 15.4 Å². The van der Waals surface area contributed by atoms with Gasteiger partial charge in [0.05, 0.1) is 29.6 Å². The van der Waals surface area contributed by atoms with E-state index in [1.165, 1.54) is 30.2 Å². The molecule has 0 bridgehead atoms. The molecular formula is C25H28N4O6. The fraction of sp³-hybridized carbons (Fsp3) is 0.400. The van der Waals surface area contributed by atoms with E-state index in [0.29, 0.717) is 17.4 Å². The van der Waals surface area contributed by atoms with Crippen LogP contribution in [0.4, 0.5) is 17.1 Å². The van der Waals surface area contributed by atoms with E-state index in [4.69, 9.17) is 4.74 Å². The summed E-state index contributed by atoms with van der Waals surface area (Å²) in [7, 11) is 1.48. The minimum absolute atomic E-state index is 0.108. The summed E-state index contributed by atoms with van der Waals surface area (Å²) in [5, 5.41) is 17.3. The Morgan fingerprint density at radius 2 is 1.86 bits per heavy atom. The highest BCUT2D eigenvalue weighted by atomic mass is 16.6. The molecule has 1 aliphatic carbocycles. The number of hydrogen-bond donors (Lipinski definition) is 2. The Morgan fingerprint density at radius 3 is 2.60 bits per heavy atom. The molecule has 0 spiro atoms. The van der Waals surface area contributed by atoms with Gasteiger partial charge in [0.2, 0.25) is 11.8 Å². The highest BCUT2D eigenvalue weighted by Gasteiger charge is 2.49. The highest BCUT2D eigenvalue weighted by molar-refractivity contribution is 6.06. The van der Waals surface area contributed by atoms with Gasteiger partial charge in [-0.1, -0.05) is 19.1 Å². The van der Waals surface area contributed by atoms with E-state index in [0.717, 1.165) is 19.3 Å². The molecule has 4 rings (SSSR count). The largest absolute Gasteiger partial charge is 0.495 e. The second kappa shape index (κ2) is 10.1. The number of benzene rings is 2. The van der Waals surface area contributed by atoms with Crippen LogP contribution >= 0.6 is 0 Å². The number of nitro benzene ring substituents is 1. The lowest BCUT2D eigenvalue weighted by molar-refractivity contribution is -0.384. The van der Waals surface area contributed by atoms with Gasteiger partial charge in [-0.2, -0.15) is 0 Å². The summed E-state index contributed by atoms with van der Waals surface area (Å²) < 4.78 is 5.22. The van der Waals surface area contributed by atoms with Crippen LogP contribution in [0.2, 0.25) is 0 Å². The number of nitrogens with zero attached hydrogens (tertiary/aromatic N) is 2. The predicted molar refractivity (Wildman–Crippen MR) is 129 cm³/mol. The Balaban J connectivity index is 1.42. The van der Waals surface area contributed by atoms with Crippen molar-refractivity contribution in [1.82, 2.24) is 4.90 Å². The van der Waals surface area contributed by atoms with Crippen LogP contribution in [-0.4, -0.2) is 47.7 Å². The number of hydrogen-bond acceptors (Lipinski definition) is 7. The molecule has 2 aliphatic rings. The Kier molecular flexibility index (Phi) is 6.99. The van der Waals surface area contributed by atoms with Gasteiger partial charge >= 0.3 is 0 Å². The quantitative estimate of drug-likeness (QED) is 0.335. The van der Waals surface area contributed by atoms with Crippen molar-refractivity contribution in [2.45, 2.75) is 26.2 Å². The molecule has 184 valence electrons. The molecule has 3 atom stereocenters. The van der Waals surface area contributed by atoms with Crippen LogP contribution in [0.15, 0.2) is 42.5 Å². The number of nitrogens with one attached hydrogen (secondary N) is 2. The molecule has 1 aliphatic heterocycles. The average molecular weight is 481 g/mol. The van der Waals surface area contributed by atoms with E-state index in [-0.39, 0.29) is 53.7 Å². The molecule has 10 nitrogen and oxygen atoms in total. The molecule has 1 heterocycles. The third-order valence-electron chi connectivity index (χ3n) is 6.74. The number of imide groups is 1. The molecule has 1 saturated heterocycles. The lowest BCUT2D eigenvalue weighted by atomic mass is 9.76. The van der Waals surface area contributed by atoms with Crippen LogP contribution < -0.4 is 15.4 Å². The van der Waals surface area contributed by atoms with Crippen molar-refractivity contribution in [3.8, 4) is 5.75 Å².